The average molecular weight is 590 g/mol. The van der Waals surface area contributed by atoms with Gasteiger partial charge in [0.1, 0.15) is 23.5 Å². The van der Waals surface area contributed by atoms with E-state index in [1.54, 1.807) is 24.1 Å². The lowest BCUT2D eigenvalue weighted by molar-refractivity contribution is -0.140. The molecular formula is C30H30F3N9O. The molecule has 1 saturated carbocycles. The summed E-state index contributed by atoms with van der Waals surface area (Å²) in [6.45, 7) is 4.96. The predicted molar refractivity (Wildman–Crippen MR) is 152 cm³/mol. The number of imidazole rings is 1. The molecule has 1 aromatic carbocycles. The fourth-order valence-corrected chi connectivity index (χ4v) is 5.27. The molecule has 0 spiro atoms. The molecule has 222 valence electrons. The number of nitrogens with one attached hydrogen (secondary N) is 1. The zero-order chi connectivity index (χ0) is 30.3. The maximum absolute atomic E-state index is 13.4. The van der Waals surface area contributed by atoms with E-state index in [2.05, 4.69) is 26.5 Å². The fourth-order valence-electron chi connectivity index (χ4n) is 5.27. The Balaban J connectivity index is 1.31. The van der Waals surface area contributed by atoms with Crippen LogP contribution in [0.5, 0.6) is 5.88 Å². The topological polar surface area (TPSA) is 118 Å². The van der Waals surface area contributed by atoms with Gasteiger partial charge in [-0.05, 0) is 32.3 Å². The van der Waals surface area contributed by atoms with E-state index in [1.165, 1.54) is 10.9 Å². The number of halogens is 3. The van der Waals surface area contributed by atoms with Crippen molar-refractivity contribution in [3.63, 3.8) is 0 Å². The molecule has 4 aromatic rings. The van der Waals surface area contributed by atoms with Crippen LogP contribution in [0.15, 0.2) is 36.8 Å². The lowest BCUT2D eigenvalue weighted by Crippen LogP contribution is -2.28. The number of nitriles is 1. The van der Waals surface area contributed by atoms with E-state index in [9.17, 15) is 18.4 Å². The van der Waals surface area contributed by atoms with Crippen molar-refractivity contribution in [3.05, 3.63) is 65.0 Å². The second kappa shape index (κ2) is 11.2. The smallest absolute Gasteiger partial charge is 0.434 e. The van der Waals surface area contributed by atoms with Gasteiger partial charge in [-0.15, -0.1) is 0 Å². The van der Waals surface area contributed by atoms with Crippen LogP contribution < -0.4 is 10.1 Å². The number of fused-ring (bicyclic) bond motifs is 1. The quantitative estimate of drug-likeness (QED) is 0.257. The summed E-state index contributed by atoms with van der Waals surface area (Å²) in [5, 5.41) is 13.0. The van der Waals surface area contributed by atoms with E-state index >= 15 is 0 Å². The Morgan fingerprint density at radius 1 is 1.12 bits per heavy atom. The lowest BCUT2D eigenvalue weighted by Gasteiger charge is -2.26. The standard InChI is InChI=1S/C30H30F3N9O/c1-17(2)42-14-23(30(31,32)33)39-28(42)20-6-4-18(5-7-20)12-35-26-21-13-41(15-34)11-10-22(21)38-27(40-26)24-25(19-8-9-19)36-16-37-29(24)43-3/h4-7,14,16-17,19H,8-13H2,1-3H3,(H,35,38,40). The van der Waals surface area contributed by atoms with Gasteiger partial charge < -0.3 is 19.5 Å². The number of ether oxygens (including phenoxy) is 1. The minimum absolute atomic E-state index is 0.194. The number of alkyl halides is 3. The first-order valence-electron chi connectivity index (χ1n) is 14.1. The van der Waals surface area contributed by atoms with Gasteiger partial charge in [-0.25, -0.2) is 24.9 Å². The molecule has 1 N–H and O–H groups in total. The van der Waals surface area contributed by atoms with Crippen molar-refractivity contribution in [2.75, 3.05) is 19.0 Å². The van der Waals surface area contributed by atoms with Crippen molar-refractivity contribution >= 4 is 5.82 Å². The third kappa shape index (κ3) is 5.69. The van der Waals surface area contributed by atoms with Gasteiger partial charge in [-0.3, -0.25) is 0 Å². The van der Waals surface area contributed by atoms with E-state index in [-0.39, 0.29) is 11.9 Å². The van der Waals surface area contributed by atoms with Gasteiger partial charge in [0.15, 0.2) is 17.7 Å². The molecular weight excluding hydrogens is 559 g/mol. The van der Waals surface area contributed by atoms with E-state index in [0.717, 1.165) is 41.6 Å². The SMILES string of the molecule is COc1ncnc(C2CC2)c1-c1nc2c(c(NCc3ccc(-c4nc(C(F)(F)F)cn4C(C)C)cc3)n1)CN(C#N)CC2. The summed E-state index contributed by atoms with van der Waals surface area (Å²) in [4.78, 5) is 24.2. The number of anilines is 1. The molecule has 6 rings (SSSR count). The number of rotatable bonds is 8. The number of methoxy groups -OCH3 is 1. The number of nitrogens with zero attached hydrogens (tertiary/aromatic N) is 8. The molecule has 4 heterocycles. The van der Waals surface area contributed by atoms with Crippen LogP contribution in [-0.4, -0.2) is 48.0 Å². The van der Waals surface area contributed by atoms with Crippen LogP contribution in [0.4, 0.5) is 19.0 Å². The minimum Gasteiger partial charge on any atom is -0.480 e. The van der Waals surface area contributed by atoms with Crippen LogP contribution in [0, 0.1) is 11.5 Å². The molecule has 1 aliphatic heterocycles. The van der Waals surface area contributed by atoms with Gasteiger partial charge in [0.05, 0.1) is 25.0 Å². The second-order valence-corrected chi connectivity index (χ2v) is 11.0. The fraction of sp³-hybridized carbons (Fsp3) is 0.400. The normalized spacial score (nSPS) is 14.9. The Kier molecular flexibility index (Phi) is 7.37. The van der Waals surface area contributed by atoms with Crippen molar-refractivity contribution in [1.29, 1.82) is 5.26 Å². The Labute approximate surface area is 246 Å². The summed E-state index contributed by atoms with van der Waals surface area (Å²) < 4.78 is 47.2. The molecule has 0 atom stereocenters. The van der Waals surface area contributed by atoms with Gasteiger partial charge in [0, 0.05) is 48.8 Å². The number of benzene rings is 1. The number of hydrogen-bond donors (Lipinski definition) is 1. The molecule has 1 fully saturated rings. The van der Waals surface area contributed by atoms with Crippen LogP contribution in [0.1, 0.15) is 66.9 Å². The van der Waals surface area contributed by atoms with Crippen LogP contribution in [0.25, 0.3) is 22.8 Å². The van der Waals surface area contributed by atoms with E-state index in [4.69, 9.17) is 14.7 Å². The zero-order valence-corrected chi connectivity index (χ0v) is 24.0. The van der Waals surface area contributed by atoms with Crippen LogP contribution in [0.2, 0.25) is 0 Å². The van der Waals surface area contributed by atoms with Crippen molar-refractivity contribution in [1.82, 2.24) is 34.4 Å². The molecule has 1 aliphatic carbocycles. The zero-order valence-electron chi connectivity index (χ0n) is 24.0. The van der Waals surface area contributed by atoms with Gasteiger partial charge >= 0.3 is 6.18 Å². The summed E-state index contributed by atoms with van der Waals surface area (Å²) in [6.07, 6.45) is 2.90. The van der Waals surface area contributed by atoms with Gasteiger partial charge in [0.2, 0.25) is 5.88 Å². The van der Waals surface area contributed by atoms with E-state index < -0.39 is 11.9 Å². The molecule has 0 amide bonds. The highest BCUT2D eigenvalue weighted by Gasteiger charge is 2.35. The monoisotopic (exact) mass is 589 g/mol. The molecule has 3 aromatic heterocycles. The molecule has 0 bridgehead atoms. The summed E-state index contributed by atoms with van der Waals surface area (Å²) in [7, 11) is 1.56. The summed E-state index contributed by atoms with van der Waals surface area (Å²) >= 11 is 0. The van der Waals surface area contributed by atoms with Gasteiger partial charge in [0.25, 0.3) is 0 Å². The Morgan fingerprint density at radius 3 is 2.53 bits per heavy atom. The second-order valence-electron chi connectivity index (χ2n) is 11.0. The van der Waals surface area contributed by atoms with Crippen LogP contribution in [0.3, 0.4) is 0 Å². The third-order valence-electron chi connectivity index (χ3n) is 7.68. The minimum atomic E-state index is -4.52. The number of aromatic nitrogens is 6. The van der Waals surface area contributed by atoms with Crippen LogP contribution in [-0.2, 0) is 25.7 Å². The molecule has 10 nitrogen and oxygen atoms in total. The van der Waals surface area contributed by atoms with Crippen molar-refractivity contribution < 1.29 is 17.9 Å². The molecule has 13 heteroatoms. The first kappa shape index (κ1) is 28.4. The molecule has 0 radical (unpaired) electrons. The van der Waals surface area contributed by atoms with Crippen LogP contribution >= 0.6 is 0 Å². The maximum atomic E-state index is 13.4. The molecule has 0 saturated heterocycles. The molecule has 2 aliphatic rings. The Bertz CT molecular complexity index is 1690. The third-order valence-corrected chi connectivity index (χ3v) is 7.68. The molecule has 0 unspecified atom stereocenters. The maximum Gasteiger partial charge on any atom is 0.434 e. The number of hydrogen-bond acceptors (Lipinski definition) is 9. The summed E-state index contributed by atoms with van der Waals surface area (Å²) in [5.74, 6) is 2.07. The van der Waals surface area contributed by atoms with E-state index in [0.29, 0.717) is 60.6 Å². The first-order valence-corrected chi connectivity index (χ1v) is 14.1. The highest BCUT2D eigenvalue weighted by molar-refractivity contribution is 5.68. The van der Waals surface area contributed by atoms with Gasteiger partial charge in [-0.1, -0.05) is 24.3 Å². The summed E-state index contributed by atoms with van der Waals surface area (Å²) in [5.41, 5.74) is 3.81. The highest BCUT2D eigenvalue weighted by Crippen LogP contribution is 2.45. The molecule has 43 heavy (non-hydrogen) atoms. The average Bonchev–Trinajstić information content (AvgIpc) is 3.75. The largest absolute Gasteiger partial charge is 0.480 e. The van der Waals surface area contributed by atoms with Gasteiger partial charge in [-0.2, -0.15) is 18.4 Å². The van der Waals surface area contributed by atoms with Crippen molar-refractivity contribution in [2.24, 2.45) is 0 Å². The van der Waals surface area contributed by atoms with Crippen molar-refractivity contribution in [2.45, 2.75) is 64.3 Å². The predicted octanol–water partition coefficient (Wildman–Crippen LogP) is 5.73. The lowest BCUT2D eigenvalue weighted by atomic mass is 10.0. The first-order chi connectivity index (χ1) is 20.7. The summed E-state index contributed by atoms with van der Waals surface area (Å²) in [6, 6.07) is 7.05. The Hall–Kier alpha value is -4.73. The highest BCUT2D eigenvalue weighted by atomic mass is 19.4. The van der Waals surface area contributed by atoms with Crippen molar-refractivity contribution in [3.8, 4) is 34.8 Å². The van der Waals surface area contributed by atoms with E-state index in [1.807, 2.05) is 26.0 Å². The Morgan fingerprint density at radius 2 is 1.88 bits per heavy atom.